The number of nitrogen functional groups attached to an aromatic ring is 1. The van der Waals surface area contributed by atoms with Gasteiger partial charge in [0.15, 0.2) is 0 Å². The van der Waals surface area contributed by atoms with Crippen LogP contribution in [0.2, 0.25) is 0 Å². The number of nitrogens with two attached hydrogens (primary N) is 1. The molecule has 104 valence electrons. The summed E-state index contributed by atoms with van der Waals surface area (Å²) in [7, 11) is 1.99. The van der Waals surface area contributed by atoms with E-state index in [1.165, 1.54) is 11.1 Å². The lowest BCUT2D eigenvalue weighted by Gasteiger charge is -2.23. The number of benzene rings is 2. The van der Waals surface area contributed by atoms with E-state index in [-0.39, 0.29) is 5.84 Å². The van der Waals surface area contributed by atoms with Crippen LogP contribution in [0.4, 0.5) is 11.4 Å². The first-order valence-corrected chi connectivity index (χ1v) is 7.14. The molecule has 0 saturated carbocycles. The monoisotopic (exact) mass is 331 g/mol. The molecule has 3 nitrogen and oxygen atoms in total. The number of hydrogen-bond donors (Lipinski definition) is 2. The summed E-state index contributed by atoms with van der Waals surface area (Å²) in [6, 6.07) is 12.1. The van der Waals surface area contributed by atoms with Crippen LogP contribution in [0.3, 0.4) is 0 Å². The fourth-order valence-electron chi connectivity index (χ4n) is 2.29. The van der Waals surface area contributed by atoms with E-state index in [9.17, 15) is 0 Å². The first kappa shape index (κ1) is 14.6. The fraction of sp³-hybridized carbons (Fsp3) is 0.188. The number of anilines is 2. The van der Waals surface area contributed by atoms with Crippen LogP contribution >= 0.6 is 15.9 Å². The Labute approximate surface area is 128 Å². The minimum absolute atomic E-state index is 0.0729. The second kappa shape index (κ2) is 5.67. The van der Waals surface area contributed by atoms with Crippen LogP contribution in [0.1, 0.15) is 16.7 Å². The van der Waals surface area contributed by atoms with Crippen LogP contribution in [-0.4, -0.2) is 12.9 Å². The predicted octanol–water partition coefficient (Wildman–Crippen LogP) is 4.12. The van der Waals surface area contributed by atoms with Gasteiger partial charge in [-0.15, -0.1) is 0 Å². The Bertz CT molecular complexity index is 645. The van der Waals surface area contributed by atoms with Gasteiger partial charge < -0.3 is 10.6 Å². The van der Waals surface area contributed by atoms with Crippen molar-refractivity contribution in [2.45, 2.75) is 13.8 Å². The van der Waals surface area contributed by atoms with E-state index in [0.717, 1.165) is 21.4 Å². The van der Waals surface area contributed by atoms with Gasteiger partial charge in [-0.25, -0.2) is 0 Å². The molecule has 0 atom stereocenters. The van der Waals surface area contributed by atoms with E-state index >= 15 is 0 Å². The molecule has 0 aromatic heterocycles. The smallest absolute Gasteiger partial charge is 0.124 e. The van der Waals surface area contributed by atoms with Crippen molar-refractivity contribution >= 4 is 33.1 Å². The van der Waals surface area contributed by atoms with Crippen LogP contribution in [0.15, 0.2) is 40.9 Å². The Morgan fingerprint density at radius 1 is 1.10 bits per heavy atom. The van der Waals surface area contributed by atoms with Gasteiger partial charge in [0.05, 0.1) is 5.69 Å². The van der Waals surface area contributed by atoms with Gasteiger partial charge in [-0.05, 0) is 55.3 Å². The summed E-state index contributed by atoms with van der Waals surface area (Å²) >= 11 is 3.48. The van der Waals surface area contributed by atoms with Crippen molar-refractivity contribution in [2.75, 3.05) is 11.9 Å². The quantitative estimate of drug-likeness (QED) is 0.656. The van der Waals surface area contributed by atoms with Crippen molar-refractivity contribution in [3.8, 4) is 0 Å². The predicted molar refractivity (Wildman–Crippen MR) is 89.1 cm³/mol. The van der Waals surface area contributed by atoms with Crippen molar-refractivity contribution in [3.05, 3.63) is 57.6 Å². The highest BCUT2D eigenvalue weighted by Crippen LogP contribution is 2.30. The van der Waals surface area contributed by atoms with Gasteiger partial charge in [0, 0.05) is 22.8 Å². The average Bonchev–Trinajstić information content (AvgIpc) is 2.36. The molecule has 0 bridgehead atoms. The largest absolute Gasteiger partial charge is 0.384 e. The second-order valence-corrected chi connectivity index (χ2v) is 5.90. The van der Waals surface area contributed by atoms with E-state index in [1.54, 1.807) is 0 Å². The number of amidine groups is 1. The lowest BCUT2D eigenvalue weighted by atomic mass is 10.1. The molecule has 4 heteroatoms. The standard InChI is InChI=1S/C16H18BrN3/c1-10-6-11(2)8-13(7-10)20(3)15-9-12(17)4-5-14(15)16(18)19/h4-9H,1-3H3,(H3,18,19). The summed E-state index contributed by atoms with van der Waals surface area (Å²) in [5.41, 5.74) is 10.8. The third-order valence-corrected chi connectivity index (χ3v) is 3.70. The number of aryl methyl sites for hydroxylation is 2. The van der Waals surface area contributed by atoms with Gasteiger partial charge in [-0.2, -0.15) is 0 Å². The van der Waals surface area contributed by atoms with Gasteiger partial charge in [0.2, 0.25) is 0 Å². The summed E-state index contributed by atoms with van der Waals surface area (Å²) in [5, 5.41) is 7.72. The molecule has 2 aromatic carbocycles. The summed E-state index contributed by atoms with van der Waals surface area (Å²) in [4.78, 5) is 2.06. The van der Waals surface area contributed by atoms with Gasteiger partial charge in [-0.3, -0.25) is 5.41 Å². The second-order valence-electron chi connectivity index (χ2n) is 4.98. The molecule has 0 unspecified atom stereocenters. The number of rotatable bonds is 3. The number of nitrogens with zero attached hydrogens (tertiary/aromatic N) is 1. The van der Waals surface area contributed by atoms with E-state index in [1.807, 2.05) is 25.2 Å². The summed E-state index contributed by atoms with van der Waals surface area (Å²) in [6.45, 7) is 4.16. The molecule has 0 aliphatic heterocycles. The summed E-state index contributed by atoms with van der Waals surface area (Å²) in [5.74, 6) is 0.0729. The minimum Gasteiger partial charge on any atom is -0.384 e. The Hall–Kier alpha value is -1.81. The van der Waals surface area contributed by atoms with Gasteiger partial charge in [0.25, 0.3) is 0 Å². The topological polar surface area (TPSA) is 53.1 Å². The molecule has 0 heterocycles. The van der Waals surface area contributed by atoms with Crippen molar-refractivity contribution in [2.24, 2.45) is 5.73 Å². The molecule has 0 saturated heterocycles. The summed E-state index contributed by atoms with van der Waals surface area (Å²) in [6.07, 6.45) is 0. The zero-order valence-electron chi connectivity index (χ0n) is 11.9. The highest BCUT2D eigenvalue weighted by Gasteiger charge is 2.12. The molecule has 2 rings (SSSR count). The molecule has 0 fully saturated rings. The Morgan fingerprint density at radius 3 is 2.25 bits per heavy atom. The maximum Gasteiger partial charge on any atom is 0.124 e. The molecule has 20 heavy (non-hydrogen) atoms. The zero-order valence-corrected chi connectivity index (χ0v) is 13.5. The van der Waals surface area contributed by atoms with Crippen molar-refractivity contribution in [3.63, 3.8) is 0 Å². The first-order valence-electron chi connectivity index (χ1n) is 6.34. The van der Waals surface area contributed by atoms with E-state index < -0.39 is 0 Å². The van der Waals surface area contributed by atoms with E-state index in [2.05, 4.69) is 52.9 Å². The number of hydrogen-bond acceptors (Lipinski definition) is 2. The fourth-order valence-corrected chi connectivity index (χ4v) is 2.64. The molecule has 3 N–H and O–H groups in total. The van der Waals surface area contributed by atoms with Gasteiger partial charge in [0.1, 0.15) is 5.84 Å². The van der Waals surface area contributed by atoms with Crippen molar-refractivity contribution < 1.29 is 0 Å². The van der Waals surface area contributed by atoms with Crippen molar-refractivity contribution in [1.82, 2.24) is 0 Å². The normalized spacial score (nSPS) is 10.4. The lowest BCUT2D eigenvalue weighted by Crippen LogP contribution is -2.18. The van der Waals surface area contributed by atoms with Crippen LogP contribution in [0.25, 0.3) is 0 Å². The van der Waals surface area contributed by atoms with Crippen LogP contribution in [-0.2, 0) is 0 Å². The molecule has 0 spiro atoms. The minimum atomic E-state index is 0.0729. The average molecular weight is 332 g/mol. The van der Waals surface area contributed by atoms with Crippen LogP contribution in [0, 0.1) is 19.3 Å². The van der Waals surface area contributed by atoms with E-state index in [0.29, 0.717) is 0 Å². The zero-order chi connectivity index (χ0) is 14.9. The molecule has 0 aliphatic carbocycles. The molecule has 2 aromatic rings. The van der Waals surface area contributed by atoms with Crippen molar-refractivity contribution in [1.29, 1.82) is 5.41 Å². The Morgan fingerprint density at radius 2 is 1.70 bits per heavy atom. The van der Waals surface area contributed by atoms with Crippen LogP contribution < -0.4 is 10.6 Å². The van der Waals surface area contributed by atoms with Gasteiger partial charge >= 0.3 is 0 Å². The highest BCUT2D eigenvalue weighted by molar-refractivity contribution is 9.10. The van der Waals surface area contributed by atoms with Crippen LogP contribution in [0.5, 0.6) is 0 Å². The summed E-state index contributed by atoms with van der Waals surface area (Å²) < 4.78 is 0.966. The molecule has 0 radical (unpaired) electrons. The molecule has 0 aliphatic rings. The highest BCUT2D eigenvalue weighted by atomic mass is 79.9. The number of halogens is 1. The molecular weight excluding hydrogens is 314 g/mol. The lowest BCUT2D eigenvalue weighted by molar-refractivity contribution is 1.18. The SMILES string of the molecule is Cc1cc(C)cc(N(C)c2cc(Br)ccc2C(=N)N)c1. The Balaban J connectivity index is 2.54. The maximum absolute atomic E-state index is 7.72. The molecular formula is C16H18BrN3. The maximum atomic E-state index is 7.72. The third kappa shape index (κ3) is 3.02. The third-order valence-electron chi connectivity index (χ3n) is 3.21. The molecule has 0 amide bonds. The van der Waals surface area contributed by atoms with E-state index in [4.69, 9.17) is 11.1 Å². The first-order chi connectivity index (χ1) is 9.38. The van der Waals surface area contributed by atoms with Gasteiger partial charge in [-0.1, -0.05) is 22.0 Å². The Kier molecular flexibility index (Phi) is 4.14. The number of nitrogens with one attached hydrogen (secondary N) is 1.